The van der Waals surface area contributed by atoms with Crippen molar-refractivity contribution >= 4 is 27.8 Å². The molecule has 112 valence electrons. The molecule has 0 fully saturated rings. The molecule has 3 N–H and O–H groups in total. The third kappa shape index (κ3) is 4.20. The van der Waals surface area contributed by atoms with Crippen LogP contribution in [-0.2, 0) is 10.0 Å². The van der Waals surface area contributed by atoms with E-state index in [9.17, 15) is 13.2 Å². The zero-order chi connectivity index (χ0) is 15.3. The summed E-state index contributed by atoms with van der Waals surface area (Å²) in [6, 6.07) is 4.65. The first-order valence-electron chi connectivity index (χ1n) is 5.81. The van der Waals surface area contributed by atoms with Crippen LogP contribution in [0, 0.1) is 0 Å². The standard InChI is InChI=1S/C12H17NO5S2/c1-8(11(7-14)19-2)13-20(17,18)10-5-3-4-9(6-10)12(15)16/h3-6,8,11,13-14H,7H2,1-2H3,(H,15,16). The van der Waals surface area contributed by atoms with Crippen molar-refractivity contribution in [2.45, 2.75) is 23.1 Å². The molecule has 0 spiro atoms. The monoisotopic (exact) mass is 319 g/mol. The van der Waals surface area contributed by atoms with Crippen LogP contribution in [-0.4, -0.2) is 48.8 Å². The first-order chi connectivity index (χ1) is 9.31. The summed E-state index contributed by atoms with van der Waals surface area (Å²) >= 11 is 1.35. The van der Waals surface area contributed by atoms with E-state index in [-0.39, 0.29) is 22.3 Å². The molecule has 1 aromatic rings. The summed E-state index contributed by atoms with van der Waals surface area (Å²) in [5, 5.41) is 17.7. The molecule has 8 heteroatoms. The number of thioether (sulfide) groups is 1. The number of carbonyl (C=O) groups is 1. The molecule has 6 nitrogen and oxygen atoms in total. The predicted molar refractivity (Wildman–Crippen MR) is 77.6 cm³/mol. The predicted octanol–water partition coefficient (Wildman–Crippen LogP) is 0.775. The lowest BCUT2D eigenvalue weighted by Crippen LogP contribution is -2.41. The first-order valence-corrected chi connectivity index (χ1v) is 8.58. The minimum absolute atomic E-state index is 0.0934. The van der Waals surface area contributed by atoms with Gasteiger partial charge in [-0.15, -0.1) is 0 Å². The quantitative estimate of drug-likeness (QED) is 0.686. The van der Waals surface area contributed by atoms with E-state index in [2.05, 4.69) is 4.72 Å². The molecule has 0 radical (unpaired) electrons. The van der Waals surface area contributed by atoms with Crippen molar-refractivity contribution in [2.75, 3.05) is 12.9 Å². The Morgan fingerprint density at radius 2 is 2.10 bits per heavy atom. The van der Waals surface area contributed by atoms with Gasteiger partial charge in [0.2, 0.25) is 10.0 Å². The number of carboxylic acid groups (broad SMARTS) is 1. The highest BCUT2D eigenvalue weighted by Crippen LogP contribution is 2.16. The van der Waals surface area contributed by atoms with E-state index >= 15 is 0 Å². The van der Waals surface area contributed by atoms with E-state index in [4.69, 9.17) is 10.2 Å². The minimum atomic E-state index is -3.82. The summed E-state index contributed by atoms with van der Waals surface area (Å²) in [7, 11) is -3.82. The summed E-state index contributed by atoms with van der Waals surface area (Å²) in [5.74, 6) is -1.19. The molecule has 1 aromatic carbocycles. The van der Waals surface area contributed by atoms with Gasteiger partial charge in [-0.2, -0.15) is 11.8 Å². The van der Waals surface area contributed by atoms with Crippen LogP contribution in [0.25, 0.3) is 0 Å². The minimum Gasteiger partial charge on any atom is -0.478 e. The van der Waals surface area contributed by atoms with Gasteiger partial charge in [0.15, 0.2) is 0 Å². The lowest BCUT2D eigenvalue weighted by atomic mass is 10.2. The number of sulfonamides is 1. The normalized spacial score (nSPS) is 14.8. The van der Waals surface area contributed by atoms with Gasteiger partial charge in [0.1, 0.15) is 0 Å². The van der Waals surface area contributed by atoms with Gasteiger partial charge in [-0.05, 0) is 31.4 Å². The number of aromatic carboxylic acids is 1. The molecule has 0 amide bonds. The van der Waals surface area contributed by atoms with Gasteiger partial charge in [-0.1, -0.05) is 6.07 Å². The maximum atomic E-state index is 12.2. The highest BCUT2D eigenvalue weighted by Gasteiger charge is 2.23. The summed E-state index contributed by atoms with van der Waals surface area (Å²) in [6.45, 7) is 1.50. The van der Waals surface area contributed by atoms with E-state index in [1.165, 1.54) is 30.0 Å². The Kier molecular flexibility index (Phi) is 6.00. The molecule has 0 bridgehead atoms. The van der Waals surface area contributed by atoms with E-state index < -0.39 is 22.0 Å². The van der Waals surface area contributed by atoms with Gasteiger partial charge in [-0.25, -0.2) is 17.9 Å². The SMILES string of the molecule is CSC(CO)C(C)NS(=O)(=O)c1cccc(C(=O)O)c1. The van der Waals surface area contributed by atoms with Crippen LogP contribution in [0.3, 0.4) is 0 Å². The zero-order valence-electron chi connectivity index (χ0n) is 11.1. The van der Waals surface area contributed by atoms with Crippen molar-refractivity contribution in [2.24, 2.45) is 0 Å². The molecule has 2 unspecified atom stereocenters. The molecular formula is C12H17NO5S2. The lowest BCUT2D eigenvalue weighted by molar-refractivity contribution is 0.0696. The fourth-order valence-corrected chi connectivity index (χ4v) is 3.66. The lowest BCUT2D eigenvalue weighted by Gasteiger charge is -2.21. The highest BCUT2D eigenvalue weighted by atomic mass is 32.2. The van der Waals surface area contributed by atoms with Gasteiger partial charge in [0.25, 0.3) is 0 Å². The zero-order valence-corrected chi connectivity index (χ0v) is 12.7. The second-order valence-corrected chi connectivity index (χ2v) is 6.99. The van der Waals surface area contributed by atoms with Crippen molar-refractivity contribution in [3.05, 3.63) is 29.8 Å². The highest BCUT2D eigenvalue weighted by molar-refractivity contribution is 7.99. The van der Waals surface area contributed by atoms with Crippen molar-refractivity contribution in [3.63, 3.8) is 0 Å². The van der Waals surface area contributed by atoms with E-state index in [0.717, 1.165) is 6.07 Å². The van der Waals surface area contributed by atoms with Crippen molar-refractivity contribution < 1.29 is 23.4 Å². The Labute approximate surface area is 122 Å². The summed E-state index contributed by atoms with van der Waals surface area (Å²) in [4.78, 5) is 10.7. The fourth-order valence-electron chi connectivity index (χ4n) is 1.62. The summed E-state index contributed by atoms with van der Waals surface area (Å²) < 4.78 is 26.8. The molecule has 20 heavy (non-hydrogen) atoms. The van der Waals surface area contributed by atoms with E-state index in [1.54, 1.807) is 13.2 Å². The van der Waals surface area contributed by atoms with Crippen LogP contribution in [0.1, 0.15) is 17.3 Å². The van der Waals surface area contributed by atoms with Gasteiger partial charge in [0.05, 0.1) is 17.1 Å². The topological polar surface area (TPSA) is 104 Å². The Balaban J connectivity index is 2.99. The van der Waals surface area contributed by atoms with E-state index in [0.29, 0.717) is 0 Å². The fraction of sp³-hybridized carbons (Fsp3) is 0.417. The molecular weight excluding hydrogens is 302 g/mol. The van der Waals surface area contributed by atoms with Crippen LogP contribution in [0.2, 0.25) is 0 Å². The van der Waals surface area contributed by atoms with Crippen LogP contribution >= 0.6 is 11.8 Å². The smallest absolute Gasteiger partial charge is 0.335 e. The number of aliphatic hydroxyl groups is 1. The molecule has 0 saturated heterocycles. The molecule has 0 aliphatic rings. The van der Waals surface area contributed by atoms with Crippen molar-refractivity contribution in [1.82, 2.24) is 4.72 Å². The van der Waals surface area contributed by atoms with Crippen LogP contribution in [0.5, 0.6) is 0 Å². The number of hydrogen-bond donors (Lipinski definition) is 3. The first kappa shape index (κ1) is 17.0. The van der Waals surface area contributed by atoms with Gasteiger partial charge >= 0.3 is 5.97 Å². The number of aliphatic hydroxyl groups excluding tert-OH is 1. The number of carboxylic acids is 1. The van der Waals surface area contributed by atoms with Crippen LogP contribution in [0.15, 0.2) is 29.2 Å². The Hall–Kier alpha value is -1.09. The maximum absolute atomic E-state index is 12.2. The van der Waals surface area contributed by atoms with Crippen LogP contribution in [0.4, 0.5) is 0 Å². The molecule has 0 aliphatic carbocycles. The van der Waals surface area contributed by atoms with Gasteiger partial charge < -0.3 is 10.2 Å². The molecule has 0 saturated carbocycles. The second-order valence-electron chi connectivity index (χ2n) is 4.20. The Morgan fingerprint density at radius 1 is 1.45 bits per heavy atom. The van der Waals surface area contributed by atoms with Crippen molar-refractivity contribution in [1.29, 1.82) is 0 Å². The molecule has 0 aromatic heterocycles. The third-order valence-electron chi connectivity index (χ3n) is 2.77. The number of rotatable bonds is 7. The molecule has 0 heterocycles. The maximum Gasteiger partial charge on any atom is 0.335 e. The number of hydrogen-bond acceptors (Lipinski definition) is 5. The average molecular weight is 319 g/mol. The number of benzene rings is 1. The Bertz CT molecular complexity index is 569. The average Bonchev–Trinajstić information content (AvgIpc) is 2.39. The van der Waals surface area contributed by atoms with Crippen LogP contribution < -0.4 is 4.72 Å². The van der Waals surface area contributed by atoms with E-state index in [1.807, 2.05) is 0 Å². The van der Waals surface area contributed by atoms with Gasteiger partial charge in [-0.3, -0.25) is 0 Å². The largest absolute Gasteiger partial charge is 0.478 e. The third-order valence-corrected chi connectivity index (χ3v) is 5.49. The second kappa shape index (κ2) is 7.07. The van der Waals surface area contributed by atoms with Gasteiger partial charge in [0, 0.05) is 11.3 Å². The summed E-state index contributed by atoms with van der Waals surface area (Å²) in [6.07, 6.45) is 1.77. The molecule has 0 aliphatic heterocycles. The van der Waals surface area contributed by atoms with Crippen molar-refractivity contribution in [3.8, 4) is 0 Å². The molecule has 2 atom stereocenters. The number of nitrogens with one attached hydrogen (secondary N) is 1. The Morgan fingerprint density at radius 3 is 2.60 bits per heavy atom. The summed E-state index contributed by atoms with van der Waals surface area (Å²) in [5.41, 5.74) is -0.0934. The molecule has 1 rings (SSSR count).